The van der Waals surface area contributed by atoms with Gasteiger partial charge in [-0.3, -0.25) is 0 Å². The van der Waals surface area contributed by atoms with Crippen LogP contribution in [0.4, 0.5) is 0 Å². The molecule has 1 aromatic carbocycles. The van der Waals surface area contributed by atoms with Crippen LogP contribution in [0, 0.1) is 6.92 Å². The second kappa shape index (κ2) is 4.56. The lowest BCUT2D eigenvalue weighted by atomic mass is 10.3. The Labute approximate surface area is 106 Å². The van der Waals surface area contributed by atoms with E-state index >= 15 is 0 Å². The maximum Gasteiger partial charge on any atom is 0.195 e. The first-order valence-electron chi connectivity index (χ1n) is 4.34. The fourth-order valence-electron chi connectivity index (χ4n) is 1.17. The maximum atomic E-state index is 5.87. The topological polar surface area (TPSA) is 9.23 Å². The summed E-state index contributed by atoms with van der Waals surface area (Å²) in [5.41, 5.74) is 0. The highest BCUT2D eigenvalue weighted by Crippen LogP contribution is 2.37. The van der Waals surface area contributed by atoms with Gasteiger partial charge < -0.3 is 4.74 Å². The van der Waals surface area contributed by atoms with E-state index in [1.807, 2.05) is 31.2 Å². The number of halogens is 2. The lowest BCUT2D eigenvalue weighted by Crippen LogP contribution is -1.80. The molecule has 2 aromatic rings. The molecule has 2 rings (SSSR count). The SMILES string of the molecule is Cc1cc(Br)c(Oc2cccc(Cl)c2)s1. The minimum atomic E-state index is 0.678. The smallest absolute Gasteiger partial charge is 0.195 e. The van der Waals surface area contributed by atoms with E-state index in [9.17, 15) is 0 Å². The summed E-state index contributed by atoms with van der Waals surface area (Å²) in [6, 6.07) is 9.40. The molecule has 1 aromatic heterocycles. The molecule has 0 spiro atoms. The van der Waals surface area contributed by atoms with Gasteiger partial charge in [0.05, 0.1) is 4.47 Å². The summed E-state index contributed by atoms with van der Waals surface area (Å²) in [6.45, 7) is 2.04. The van der Waals surface area contributed by atoms with Crippen LogP contribution >= 0.6 is 38.9 Å². The highest BCUT2D eigenvalue weighted by molar-refractivity contribution is 9.10. The standard InChI is InChI=1S/C11H8BrClOS/c1-7-5-10(12)11(15-7)14-9-4-2-3-8(13)6-9/h2-6H,1H3. The Morgan fingerprint density at radius 3 is 2.73 bits per heavy atom. The summed E-state index contributed by atoms with van der Waals surface area (Å²) >= 11 is 10.9. The molecule has 0 unspecified atom stereocenters. The van der Waals surface area contributed by atoms with Crippen LogP contribution < -0.4 is 4.74 Å². The number of rotatable bonds is 2. The number of thiophene rings is 1. The molecule has 4 heteroatoms. The Kier molecular flexibility index (Phi) is 3.34. The molecule has 0 radical (unpaired) electrons. The van der Waals surface area contributed by atoms with Gasteiger partial charge in [-0.2, -0.15) is 0 Å². The fourth-order valence-corrected chi connectivity index (χ4v) is 2.93. The number of aryl methyl sites for hydroxylation is 1. The van der Waals surface area contributed by atoms with Gasteiger partial charge in [0, 0.05) is 9.90 Å². The summed E-state index contributed by atoms with van der Waals surface area (Å²) in [4.78, 5) is 1.21. The largest absolute Gasteiger partial charge is 0.445 e. The third kappa shape index (κ3) is 2.74. The van der Waals surface area contributed by atoms with Gasteiger partial charge in [-0.25, -0.2) is 0 Å². The molecular weight excluding hydrogens is 296 g/mol. The molecule has 1 heterocycles. The Balaban J connectivity index is 2.25. The zero-order chi connectivity index (χ0) is 10.8. The van der Waals surface area contributed by atoms with Gasteiger partial charge in [-0.05, 0) is 47.1 Å². The van der Waals surface area contributed by atoms with E-state index in [0.29, 0.717) is 5.02 Å². The second-order valence-corrected chi connectivity index (χ2v) is 5.56. The van der Waals surface area contributed by atoms with Gasteiger partial charge in [-0.1, -0.05) is 17.7 Å². The van der Waals surface area contributed by atoms with E-state index in [-0.39, 0.29) is 0 Å². The van der Waals surface area contributed by atoms with E-state index in [1.165, 1.54) is 4.88 Å². The van der Waals surface area contributed by atoms with Crippen molar-refractivity contribution in [3.8, 4) is 10.8 Å². The van der Waals surface area contributed by atoms with Crippen molar-refractivity contribution in [1.29, 1.82) is 0 Å². The maximum absolute atomic E-state index is 5.87. The molecular formula is C11H8BrClOS. The number of hydrogen-bond donors (Lipinski definition) is 0. The van der Waals surface area contributed by atoms with Crippen molar-refractivity contribution in [2.24, 2.45) is 0 Å². The zero-order valence-corrected chi connectivity index (χ0v) is 11.1. The van der Waals surface area contributed by atoms with Crippen molar-refractivity contribution in [1.82, 2.24) is 0 Å². The Bertz CT molecular complexity index is 481. The third-order valence-electron chi connectivity index (χ3n) is 1.79. The molecule has 0 fully saturated rings. The van der Waals surface area contributed by atoms with Crippen molar-refractivity contribution in [2.75, 3.05) is 0 Å². The molecule has 0 amide bonds. The summed E-state index contributed by atoms with van der Waals surface area (Å²) in [7, 11) is 0. The van der Waals surface area contributed by atoms with Crippen LogP contribution in [0.1, 0.15) is 4.88 Å². The van der Waals surface area contributed by atoms with E-state index in [4.69, 9.17) is 16.3 Å². The van der Waals surface area contributed by atoms with Gasteiger partial charge in [0.2, 0.25) is 0 Å². The second-order valence-electron chi connectivity index (χ2n) is 3.05. The summed E-state index contributed by atoms with van der Waals surface area (Å²) < 4.78 is 6.67. The van der Waals surface area contributed by atoms with E-state index < -0.39 is 0 Å². The van der Waals surface area contributed by atoms with Crippen molar-refractivity contribution >= 4 is 38.9 Å². The van der Waals surface area contributed by atoms with E-state index in [1.54, 1.807) is 17.4 Å². The zero-order valence-electron chi connectivity index (χ0n) is 7.96. The molecule has 78 valence electrons. The van der Waals surface area contributed by atoms with Crippen LogP contribution in [0.15, 0.2) is 34.8 Å². The predicted molar refractivity (Wildman–Crippen MR) is 68.3 cm³/mol. The number of hydrogen-bond acceptors (Lipinski definition) is 2. The molecule has 0 saturated carbocycles. The molecule has 0 aliphatic carbocycles. The van der Waals surface area contributed by atoms with Gasteiger partial charge in [0.15, 0.2) is 5.06 Å². The van der Waals surface area contributed by atoms with Gasteiger partial charge in [0.1, 0.15) is 5.75 Å². The first-order valence-corrected chi connectivity index (χ1v) is 6.33. The van der Waals surface area contributed by atoms with Crippen LogP contribution in [0.2, 0.25) is 5.02 Å². The van der Waals surface area contributed by atoms with Crippen LogP contribution in [0.25, 0.3) is 0 Å². The van der Waals surface area contributed by atoms with Gasteiger partial charge in [0.25, 0.3) is 0 Å². The molecule has 0 N–H and O–H groups in total. The normalized spacial score (nSPS) is 10.3. The highest BCUT2D eigenvalue weighted by atomic mass is 79.9. The first kappa shape index (κ1) is 11.0. The Morgan fingerprint density at radius 1 is 1.33 bits per heavy atom. The summed E-state index contributed by atoms with van der Waals surface area (Å²) in [5.74, 6) is 0.755. The average Bonchev–Trinajstić information content (AvgIpc) is 2.45. The quantitative estimate of drug-likeness (QED) is 0.735. The number of ether oxygens (including phenoxy) is 1. The van der Waals surface area contributed by atoms with Crippen molar-refractivity contribution in [2.45, 2.75) is 6.92 Å². The van der Waals surface area contributed by atoms with Crippen molar-refractivity contribution < 1.29 is 4.74 Å². The highest BCUT2D eigenvalue weighted by Gasteiger charge is 2.06. The monoisotopic (exact) mass is 302 g/mol. The molecule has 0 aliphatic rings. The molecule has 0 aliphatic heterocycles. The third-order valence-corrected chi connectivity index (χ3v) is 3.80. The lowest BCUT2D eigenvalue weighted by molar-refractivity contribution is 0.494. The number of benzene rings is 1. The van der Waals surface area contributed by atoms with Crippen molar-refractivity contribution in [3.63, 3.8) is 0 Å². The molecule has 15 heavy (non-hydrogen) atoms. The van der Waals surface area contributed by atoms with Crippen molar-refractivity contribution in [3.05, 3.63) is 44.7 Å². The minimum Gasteiger partial charge on any atom is -0.445 e. The Hall–Kier alpha value is -0.510. The minimum absolute atomic E-state index is 0.678. The molecule has 0 bridgehead atoms. The average molecular weight is 304 g/mol. The van der Waals surface area contributed by atoms with E-state index in [0.717, 1.165) is 15.3 Å². The van der Waals surface area contributed by atoms with Crippen LogP contribution in [-0.2, 0) is 0 Å². The van der Waals surface area contributed by atoms with Gasteiger partial charge in [-0.15, -0.1) is 11.3 Å². The summed E-state index contributed by atoms with van der Waals surface area (Å²) in [6.07, 6.45) is 0. The van der Waals surface area contributed by atoms with Crippen LogP contribution in [-0.4, -0.2) is 0 Å². The fraction of sp³-hybridized carbons (Fsp3) is 0.0909. The summed E-state index contributed by atoms with van der Waals surface area (Å²) in [5, 5.41) is 1.53. The van der Waals surface area contributed by atoms with Gasteiger partial charge >= 0.3 is 0 Å². The van der Waals surface area contributed by atoms with E-state index in [2.05, 4.69) is 15.9 Å². The first-order chi connectivity index (χ1) is 7.15. The van der Waals surface area contributed by atoms with Crippen LogP contribution in [0.5, 0.6) is 10.8 Å². The predicted octanol–water partition coefficient (Wildman–Crippen LogP) is 5.26. The van der Waals surface area contributed by atoms with Crippen LogP contribution in [0.3, 0.4) is 0 Å². The lowest BCUT2D eigenvalue weighted by Gasteiger charge is -2.03. The molecule has 0 atom stereocenters. The molecule has 1 nitrogen and oxygen atoms in total. The molecule has 0 saturated heterocycles. The Morgan fingerprint density at radius 2 is 2.13 bits per heavy atom.